The van der Waals surface area contributed by atoms with Crippen molar-refractivity contribution in [2.45, 2.75) is 71.3 Å². The van der Waals surface area contributed by atoms with Gasteiger partial charge in [-0.2, -0.15) is 0 Å². The number of rotatable bonds is 0. The molecule has 0 aromatic rings. The van der Waals surface area contributed by atoms with Crippen LogP contribution in [0, 0.1) is 34.5 Å². The summed E-state index contributed by atoms with van der Waals surface area (Å²) >= 11 is 0. The maximum Gasteiger partial charge on any atom is 0.139 e. The van der Waals surface area contributed by atoms with Crippen molar-refractivity contribution in [1.82, 2.24) is 0 Å². The Morgan fingerprint density at radius 3 is 2.59 bits per heavy atom. The molecule has 3 heteroatoms. The van der Waals surface area contributed by atoms with Crippen LogP contribution in [-0.4, -0.2) is 22.8 Å². The van der Waals surface area contributed by atoms with Gasteiger partial charge in [-0.15, -0.1) is 0 Å². The van der Waals surface area contributed by atoms with E-state index in [-0.39, 0.29) is 28.8 Å². The second kappa shape index (κ2) is 4.66. The number of hydrogen-bond acceptors (Lipinski definition) is 3. The van der Waals surface area contributed by atoms with Gasteiger partial charge in [0.25, 0.3) is 0 Å². The lowest BCUT2D eigenvalue weighted by atomic mass is 9.45. The number of aliphatic hydroxyl groups is 1. The Morgan fingerprint density at radius 1 is 1.05 bits per heavy atom. The van der Waals surface area contributed by atoms with Crippen LogP contribution in [-0.2, 0) is 9.59 Å². The highest BCUT2D eigenvalue weighted by molar-refractivity contribution is 5.90. The minimum absolute atomic E-state index is 0.113. The largest absolute Gasteiger partial charge is 0.393 e. The molecule has 1 N–H and O–H groups in total. The van der Waals surface area contributed by atoms with Crippen LogP contribution in [0.4, 0.5) is 0 Å². The predicted octanol–water partition coefficient (Wildman–Crippen LogP) is 3.14. The lowest BCUT2D eigenvalue weighted by Gasteiger charge is -2.59. The van der Waals surface area contributed by atoms with Crippen molar-refractivity contribution < 1.29 is 14.7 Å². The first kappa shape index (κ1) is 14.9. The SMILES string of the molecule is C[C@]12CCC3C(C(=O)C[C@H]4C[C@@H](O)CC[C@]34C)C1CCC2=O. The summed E-state index contributed by atoms with van der Waals surface area (Å²) < 4.78 is 0. The Morgan fingerprint density at radius 2 is 1.82 bits per heavy atom. The summed E-state index contributed by atoms with van der Waals surface area (Å²) in [7, 11) is 0. The van der Waals surface area contributed by atoms with E-state index in [2.05, 4.69) is 13.8 Å². The highest BCUT2D eigenvalue weighted by atomic mass is 16.3. The molecule has 7 atom stereocenters. The van der Waals surface area contributed by atoms with Crippen LogP contribution in [0.1, 0.15) is 65.2 Å². The van der Waals surface area contributed by atoms with Gasteiger partial charge in [-0.05, 0) is 61.7 Å². The normalized spacial score (nSPS) is 54.6. The van der Waals surface area contributed by atoms with Crippen LogP contribution in [0.5, 0.6) is 0 Å². The van der Waals surface area contributed by atoms with E-state index in [0.717, 1.165) is 38.5 Å². The van der Waals surface area contributed by atoms with E-state index in [9.17, 15) is 14.7 Å². The molecule has 4 aliphatic rings. The molecule has 0 amide bonds. The van der Waals surface area contributed by atoms with Gasteiger partial charge >= 0.3 is 0 Å². The van der Waals surface area contributed by atoms with E-state index in [0.29, 0.717) is 36.2 Å². The number of Topliss-reactive ketones (excluding diaryl/α,β-unsaturated/α-hetero) is 2. The molecule has 3 nitrogen and oxygen atoms in total. The van der Waals surface area contributed by atoms with E-state index in [1.54, 1.807) is 0 Å². The molecule has 0 bridgehead atoms. The van der Waals surface area contributed by atoms with Crippen molar-refractivity contribution in [3.05, 3.63) is 0 Å². The van der Waals surface area contributed by atoms with Gasteiger partial charge in [0.1, 0.15) is 11.6 Å². The smallest absolute Gasteiger partial charge is 0.139 e. The van der Waals surface area contributed by atoms with Gasteiger partial charge in [-0.3, -0.25) is 9.59 Å². The van der Waals surface area contributed by atoms with E-state index in [1.807, 2.05) is 0 Å². The predicted molar refractivity (Wildman–Crippen MR) is 83.1 cm³/mol. The Balaban J connectivity index is 1.70. The number of carbonyl (C=O) groups is 2. The lowest BCUT2D eigenvalue weighted by Crippen LogP contribution is -2.57. The average molecular weight is 304 g/mol. The maximum absolute atomic E-state index is 12.9. The first-order valence-electron chi connectivity index (χ1n) is 9.10. The molecule has 4 saturated carbocycles. The summed E-state index contributed by atoms with van der Waals surface area (Å²) in [6.07, 6.45) is 6.73. The number of hydrogen-bond donors (Lipinski definition) is 1. The highest BCUT2D eigenvalue weighted by Crippen LogP contribution is 2.64. The van der Waals surface area contributed by atoms with Crippen LogP contribution >= 0.6 is 0 Å². The van der Waals surface area contributed by atoms with Gasteiger partial charge in [-0.25, -0.2) is 0 Å². The Labute approximate surface area is 132 Å². The third-order valence-electron chi connectivity index (χ3n) is 8.15. The molecule has 0 spiro atoms. The zero-order chi connectivity index (χ0) is 15.7. The van der Waals surface area contributed by atoms with Gasteiger partial charge in [0.05, 0.1) is 6.10 Å². The lowest BCUT2D eigenvalue weighted by molar-refractivity contribution is -0.160. The monoisotopic (exact) mass is 304 g/mol. The molecular formula is C19H28O3. The van der Waals surface area contributed by atoms with Gasteiger partial charge in [0, 0.05) is 24.2 Å². The molecule has 3 unspecified atom stereocenters. The van der Waals surface area contributed by atoms with Crippen molar-refractivity contribution in [2.75, 3.05) is 0 Å². The zero-order valence-electron chi connectivity index (χ0n) is 13.8. The van der Waals surface area contributed by atoms with Crippen LogP contribution in [0.3, 0.4) is 0 Å². The zero-order valence-corrected chi connectivity index (χ0v) is 13.8. The molecule has 4 rings (SSSR count). The second-order valence-electron chi connectivity index (χ2n) is 8.96. The second-order valence-corrected chi connectivity index (χ2v) is 8.96. The summed E-state index contributed by atoms with van der Waals surface area (Å²) in [6.45, 7) is 4.49. The van der Waals surface area contributed by atoms with Crippen molar-refractivity contribution in [3.8, 4) is 0 Å². The molecule has 4 fully saturated rings. The van der Waals surface area contributed by atoms with Gasteiger partial charge in [0.2, 0.25) is 0 Å². The fraction of sp³-hybridized carbons (Fsp3) is 0.895. The number of aliphatic hydroxyl groups excluding tert-OH is 1. The van der Waals surface area contributed by atoms with Crippen molar-refractivity contribution >= 4 is 11.6 Å². The quantitative estimate of drug-likeness (QED) is 0.748. The fourth-order valence-corrected chi connectivity index (χ4v) is 6.68. The van der Waals surface area contributed by atoms with Crippen LogP contribution in [0.15, 0.2) is 0 Å². The molecule has 0 heterocycles. The summed E-state index contributed by atoms with van der Waals surface area (Å²) in [4.78, 5) is 25.3. The molecule has 0 aliphatic heterocycles. The molecular weight excluding hydrogens is 276 g/mol. The van der Waals surface area contributed by atoms with Crippen molar-refractivity contribution in [3.63, 3.8) is 0 Å². The molecule has 4 aliphatic carbocycles. The minimum atomic E-state index is -0.228. The molecule has 22 heavy (non-hydrogen) atoms. The van der Waals surface area contributed by atoms with Crippen molar-refractivity contribution in [1.29, 1.82) is 0 Å². The van der Waals surface area contributed by atoms with Crippen molar-refractivity contribution in [2.24, 2.45) is 34.5 Å². The summed E-state index contributed by atoms with van der Waals surface area (Å²) in [5.41, 5.74) is -0.0288. The molecule has 0 radical (unpaired) electrons. The summed E-state index contributed by atoms with van der Waals surface area (Å²) in [5, 5.41) is 10.0. The third kappa shape index (κ3) is 1.78. The highest BCUT2D eigenvalue weighted by Gasteiger charge is 2.62. The topological polar surface area (TPSA) is 54.4 Å². The molecule has 122 valence electrons. The van der Waals surface area contributed by atoms with E-state index in [4.69, 9.17) is 0 Å². The van der Waals surface area contributed by atoms with E-state index >= 15 is 0 Å². The van der Waals surface area contributed by atoms with Gasteiger partial charge in [-0.1, -0.05) is 13.8 Å². The number of ketones is 2. The van der Waals surface area contributed by atoms with Gasteiger partial charge < -0.3 is 5.11 Å². The van der Waals surface area contributed by atoms with Gasteiger partial charge in [0.15, 0.2) is 0 Å². The summed E-state index contributed by atoms with van der Waals surface area (Å²) in [6, 6.07) is 0. The Bertz CT molecular complexity index is 527. The maximum atomic E-state index is 12.9. The first-order chi connectivity index (χ1) is 10.4. The standard InChI is InChI=1S/C19H28O3/c1-18-7-5-12(20)9-11(18)10-15(21)17-13-3-4-16(22)19(13,2)8-6-14(17)18/h11-14,17,20H,3-10H2,1-2H3/t11-,12+,13?,14?,17?,18+,19+/m1/s1. The average Bonchev–Trinajstić information content (AvgIpc) is 2.77. The third-order valence-corrected chi connectivity index (χ3v) is 8.15. The van der Waals surface area contributed by atoms with E-state index in [1.165, 1.54) is 0 Å². The molecule has 0 saturated heterocycles. The Kier molecular flexibility index (Phi) is 3.15. The minimum Gasteiger partial charge on any atom is -0.393 e. The molecule has 0 aromatic heterocycles. The van der Waals surface area contributed by atoms with Crippen LogP contribution < -0.4 is 0 Å². The fourth-order valence-electron chi connectivity index (χ4n) is 6.68. The van der Waals surface area contributed by atoms with Crippen LogP contribution in [0.2, 0.25) is 0 Å². The van der Waals surface area contributed by atoms with Crippen LogP contribution in [0.25, 0.3) is 0 Å². The number of fused-ring (bicyclic) bond motifs is 5. The summed E-state index contributed by atoms with van der Waals surface area (Å²) in [5.74, 6) is 1.99. The van der Waals surface area contributed by atoms with E-state index < -0.39 is 0 Å². The number of carbonyl (C=O) groups excluding carboxylic acids is 2. The first-order valence-corrected chi connectivity index (χ1v) is 9.10. The Hall–Kier alpha value is -0.700. The molecule has 0 aromatic carbocycles.